The summed E-state index contributed by atoms with van der Waals surface area (Å²) in [5.74, 6) is 1.05. The topological polar surface area (TPSA) is 33.2 Å². The molecule has 15 heavy (non-hydrogen) atoms. The van der Waals surface area contributed by atoms with E-state index in [1.54, 1.807) is 6.20 Å². The van der Waals surface area contributed by atoms with Crippen molar-refractivity contribution in [1.82, 2.24) is 4.98 Å². The Morgan fingerprint density at radius 2 is 2.20 bits per heavy atom. The minimum atomic E-state index is 0.212. The van der Waals surface area contributed by atoms with Gasteiger partial charge in [0.2, 0.25) is 0 Å². The standard InChI is InChI=1S/C11H13ClN2O/c12-10-2-1-5-13-11(10)14-6-3-9(8-15)4-7-14/h1-2,5,8-9H,3-4,6-7H2. The number of aromatic nitrogens is 1. The largest absolute Gasteiger partial charge is 0.355 e. The summed E-state index contributed by atoms with van der Waals surface area (Å²) in [5.41, 5.74) is 0. The van der Waals surface area contributed by atoms with Gasteiger partial charge < -0.3 is 9.69 Å². The third kappa shape index (κ3) is 2.29. The third-order valence-corrected chi connectivity index (χ3v) is 3.07. The van der Waals surface area contributed by atoms with E-state index in [-0.39, 0.29) is 5.92 Å². The Hall–Kier alpha value is -1.09. The van der Waals surface area contributed by atoms with E-state index < -0.39 is 0 Å². The average Bonchev–Trinajstić information content (AvgIpc) is 2.30. The Kier molecular flexibility index (Phi) is 3.21. The summed E-state index contributed by atoms with van der Waals surface area (Å²) < 4.78 is 0. The molecule has 2 rings (SSSR count). The highest BCUT2D eigenvalue weighted by Crippen LogP contribution is 2.26. The van der Waals surface area contributed by atoms with Gasteiger partial charge in [-0.3, -0.25) is 0 Å². The van der Waals surface area contributed by atoms with Gasteiger partial charge in [0, 0.05) is 25.2 Å². The van der Waals surface area contributed by atoms with Crippen LogP contribution in [0.4, 0.5) is 5.82 Å². The Morgan fingerprint density at radius 3 is 2.80 bits per heavy atom. The summed E-state index contributed by atoms with van der Waals surface area (Å²) in [4.78, 5) is 17.0. The number of pyridine rings is 1. The van der Waals surface area contributed by atoms with Crippen molar-refractivity contribution >= 4 is 23.7 Å². The molecule has 0 aliphatic carbocycles. The molecule has 1 saturated heterocycles. The number of rotatable bonds is 2. The van der Waals surface area contributed by atoms with Gasteiger partial charge >= 0.3 is 0 Å². The van der Waals surface area contributed by atoms with Gasteiger partial charge in [0.15, 0.2) is 0 Å². The summed E-state index contributed by atoms with van der Waals surface area (Å²) in [6, 6.07) is 3.67. The second-order valence-corrected chi connectivity index (χ2v) is 4.18. The van der Waals surface area contributed by atoms with Crippen LogP contribution in [0.5, 0.6) is 0 Å². The van der Waals surface area contributed by atoms with Gasteiger partial charge in [0.25, 0.3) is 0 Å². The molecule has 4 heteroatoms. The first-order valence-electron chi connectivity index (χ1n) is 5.12. The molecule has 0 atom stereocenters. The molecule has 0 unspecified atom stereocenters. The number of aldehydes is 1. The van der Waals surface area contributed by atoms with Crippen molar-refractivity contribution in [3.8, 4) is 0 Å². The van der Waals surface area contributed by atoms with Crippen LogP contribution in [0, 0.1) is 5.92 Å². The Bertz CT molecular complexity index is 348. The van der Waals surface area contributed by atoms with Crippen LogP contribution in [0.3, 0.4) is 0 Å². The molecule has 1 aliphatic rings. The van der Waals surface area contributed by atoms with Gasteiger partial charge in [-0.05, 0) is 25.0 Å². The van der Waals surface area contributed by atoms with E-state index in [4.69, 9.17) is 11.6 Å². The van der Waals surface area contributed by atoms with Crippen molar-refractivity contribution in [1.29, 1.82) is 0 Å². The summed E-state index contributed by atoms with van der Waals surface area (Å²) in [7, 11) is 0. The SMILES string of the molecule is O=CC1CCN(c2ncccc2Cl)CC1. The molecule has 1 aromatic rings. The van der Waals surface area contributed by atoms with Crippen LogP contribution in [-0.4, -0.2) is 24.4 Å². The second-order valence-electron chi connectivity index (χ2n) is 3.77. The second kappa shape index (κ2) is 4.62. The Labute approximate surface area is 94.1 Å². The molecule has 1 aromatic heterocycles. The highest BCUT2D eigenvalue weighted by Gasteiger charge is 2.20. The molecule has 0 saturated carbocycles. The first-order valence-corrected chi connectivity index (χ1v) is 5.50. The monoisotopic (exact) mass is 224 g/mol. The van der Waals surface area contributed by atoms with Gasteiger partial charge in [-0.1, -0.05) is 11.6 Å². The number of halogens is 1. The van der Waals surface area contributed by atoms with E-state index in [0.29, 0.717) is 5.02 Å². The quantitative estimate of drug-likeness (QED) is 0.722. The van der Waals surface area contributed by atoms with Crippen LogP contribution in [0.1, 0.15) is 12.8 Å². The summed E-state index contributed by atoms with van der Waals surface area (Å²) >= 11 is 6.05. The fourth-order valence-corrected chi connectivity index (χ4v) is 2.10. The average molecular weight is 225 g/mol. The maximum absolute atomic E-state index is 10.6. The van der Waals surface area contributed by atoms with Crippen LogP contribution in [0.25, 0.3) is 0 Å². The molecule has 0 N–H and O–H groups in total. The lowest BCUT2D eigenvalue weighted by Gasteiger charge is -2.30. The van der Waals surface area contributed by atoms with Crippen molar-refractivity contribution in [3.05, 3.63) is 23.4 Å². The fraction of sp³-hybridized carbons (Fsp3) is 0.455. The lowest BCUT2D eigenvalue weighted by molar-refractivity contribution is -0.111. The van der Waals surface area contributed by atoms with E-state index in [1.165, 1.54) is 0 Å². The number of nitrogens with zero attached hydrogens (tertiary/aromatic N) is 2. The van der Waals surface area contributed by atoms with Crippen LogP contribution < -0.4 is 4.90 Å². The highest BCUT2D eigenvalue weighted by atomic mass is 35.5. The normalized spacial score (nSPS) is 17.8. The van der Waals surface area contributed by atoms with E-state index in [1.807, 2.05) is 12.1 Å². The smallest absolute Gasteiger partial charge is 0.147 e. The predicted molar refractivity (Wildman–Crippen MR) is 60.2 cm³/mol. The Balaban J connectivity index is 2.07. The molecule has 0 radical (unpaired) electrons. The van der Waals surface area contributed by atoms with E-state index in [9.17, 15) is 4.79 Å². The summed E-state index contributed by atoms with van der Waals surface area (Å²) in [6.45, 7) is 1.72. The zero-order valence-electron chi connectivity index (χ0n) is 8.40. The van der Waals surface area contributed by atoms with Gasteiger partial charge in [-0.15, -0.1) is 0 Å². The van der Waals surface area contributed by atoms with Crippen LogP contribution >= 0.6 is 11.6 Å². The van der Waals surface area contributed by atoms with Crippen molar-refractivity contribution in [2.45, 2.75) is 12.8 Å². The van der Waals surface area contributed by atoms with Gasteiger partial charge in [-0.25, -0.2) is 4.98 Å². The molecule has 3 nitrogen and oxygen atoms in total. The van der Waals surface area contributed by atoms with E-state index in [0.717, 1.165) is 38.0 Å². The molecule has 0 aromatic carbocycles. The molecule has 80 valence electrons. The zero-order valence-corrected chi connectivity index (χ0v) is 9.15. The number of hydrogen-bond donors (Lipinski definition) is 0. The highest BCUT2D eigenvalue weighted by molar-refractivity contribution is 6.32. The number of piperidine rings is 1. The number of carbonyl (C=O) groups excluding carboxylic acids is 1. The first kappa shape index (κ1) is 10.4. The Morgan fingerprint density at radius 1 is 1.47 bits per heavy atom. The zero-order chi connectivity index (χ0) is 10.7. The molecule has 1 aliphatic heterocycles. The molecule has 0 bridgehead atoms. The van der Waals surface area contributed by atoms with Crippen LogP contribution in [-0.2, 0) is 4.79 Å². The number of carbonyl (C=O) groups is 1. The molecular weight excluding hydrogens is 212 g/mol. The van der Waals surface area contributed by atoms with Crippen molar-refractivity contribution < 1.29 is 4.79 Å². The predicted octanol–water partition coefficient (Wildman–Crippen LogP) is 2.15. The van der Waals surface area contributed by atoms with Crippen LogP contribution in [0.15, 0.2) is 18.3 Å². The lowest BCUT2D eigenvalue weighted by atomic mass is 9.99. The lowest BCUT2D eigenvalue weighted by Crippen LogP contribution is -2.34. The minimum Gasteiger partial charge on any atom is -0.355 e. The van der Waals surface area contributed by atoms with E-state index >= 15 is 0 Å². The van der Waals surface area contributed by atoms with Crippen LogP contribution in [0.2, 0.25) is 5.02 Å². The number of hydrogen-bond acceptors (Lipinski definition) is 3. The van der Waals surface area contributed by atoms with Crippen molar-refractivity contribution in [2.24, 2.45) is 5.92 Å². The fourth-order valence-electron chi connectivity index (χ4n) is 1.86. The van der Waals surface area contributed by atoms with Crippen molar-refractivity contribution in [2.75, 3.05) is 18.0 Å². The first-order chi connectivity index (χ1) is 7.31. The van der Waals surface area contributed by atoms with Gasteiger partial charge in [-0.2, -0.15) is 0 Å². The molecule has 0 spiro atoms. The molecular formula is C11H13ClN2O. The molecule has 0 amide bonds. The molecule has 2 heterocycles. The minimum absolute atomic E-state index is 0.212. The number of anilines is 1. The summed E-state index contributed by atoms with van der Waals surface area (Å²) in [5, 5.41) is 0.682. The summed E-state index contributed by atoms with van der Waals surface area (Å²) in [6.07, 6.45) is 4.59. The maximum Gasteiger partial charge on any atom is 0.147 e. The maximum atomic E-state index is 10.6. The van der Waals surface area contributed by atoms with Crippen molar-refractivity contribution in [3.63, 3.8) is 0 Å². The van der Waals surface area contributed by atoms with Gasteiger partial charge in [0.1, 0.15) is 12.1 Å². The van der Waals surface area contributed by atoms with Gasteiger partial charge in [0.05, 0.1) is 5.02 Å². The third-order valence-electron chi connectivity index (χ3n) is 2.77. The molecule has 1 fully saturated rings. The van der Waals surface area contributed by atoms with E-state index in [2.05, 4.69) is 9.88 Å².